The minimum atomic E-state index is -1.90. The number of allylic oxidation sites excluding steroid dienone is 2. The molecule has 2 heterocycles. The molecule has 0 bridgehead atoms. The third kappa shape index (κ3) is 3.59. The lowest BCUT2D eigenvalue weighted by atomic mass is 9.56. The number of carbonyl (C=O) groups excluding carboxylic acids is 4. The van der Waals surface area contributed by atoms with Gasteiger partial charge in [-0.1, -0.05) is 39.7 Å². The summed E-state index contributed by atoms with van der Waals surface area (Å²) in [7, 11) is 0. The summed E-state index contributed by atoms with van der Waals surface area (Å²) in [6.07, 6.45) is 1.90. The van der Waals surface area contributed by atoms with Crippen molar-refractivity contribution in [2.45, 2.75) is 48.3 Å². The van der Waals surface area contributed by atoms with E-state index in [1.165, 1.54) is 6.07 Å². The zero-order chi connectivity index (χ0) is 27.7. The SMILES string of the molecule is Cc1cc([C@H]2C3=CC[C@@H]4C(=O)N(CCCC(=O)O)C(=O)[C@@H]4[C@@H]3C[C@@]3(Cl)C(=O)N(CBr)C(=O)[C@@]23Cl)ccc1O. The first-order valence-electron chi connectivity index (χ1n) is 12.2. The third-order valence-electron chi connectivity index (χ3n) is 8.43. The molecule has 1 aromatic carbocycles. The van der Waals surface area contributed by atoms with E-state index in [0.29, 0.717) is 16.7 Å². The molecule has 4 amide bonds. The minimum absolute atomic E-state index is 0.0140. The van der Waals surface area contributed by atoms with E-state index in [1.54, 1.807) is 19.1 Å². The number of benzene rings is 1. The molecule has 2 aliphatic heterocycles. The van der Waals surface area contributed by atoms with Gasteiger partial charge in [0.15, 0.2) is 9.75 Å². The standard InChI is InChI=1S/C26H25BrCl2N2O7/c1-12-9-13(4-7-17(12)32)20-14-5-6-15-19(22(36)30(21(15)35)8-2-3-18(33)34)16(14)10-25(28)23(37)31(11-27)24(38)26(20,25)29/h4-5,7,9,15-16,19-20,32H,2-3,6,8,10-11H2,1H3,(H,33,34)/t15-,16+,19-,20-,25+,26-/m0/s1. The second kappa shape index (κ2) is 9.34. The van der Waals surface area contributed by atoms with Gasteiger partial charge in [0.25, 0.3) is 11.8 Å². The number of alkyl halides is 3. The number of hydrogen-bond donors (Lipinski definition) is 2. The molecule has 12 heteroatoms. The van der Waals surface area contributed by atoms with Gasteiger partial charge >= 0.3 is 5.97 Å². The second-order valence-corrected chi connectivity index (χ2v) is 12.1. The van der Waals surface area contributed by atoms with Crippen LogP contribution in [0.15, 0.2) is 29.8 Å². The molecule has 2 saturated heterocycles. The quantitative estimate of drug-likeness (QED) is 0.214. The Morgan fingerprint density at radius 1 is 1.11 bits per heavy atom. The first kappa shape index (κ1) is 27.1. The van der Waals surface area contributed by atoms with Crippen LogP contribution in [0.25, 0.3) is 0 Å². The van der Waals surface area contributed by atoms with Crippen LogP contribution < -0.4 is 0 Å². The summed E-state index contributed by atoms with van der Waals surface area (Å²) in [6, 6.07) is 4.79. The number of carbonyl (C=O) groups is 5. The fraction of sp³-hybridized carbons (Fsp3) is 0.500. The molecule has 0 aromatic heterocycles. The number of amides is 4. The summed E-state index contributed by atoms with van der Waals surface area (Å²) in [5, 5.41) is 19.1. The monoisotopic (exact) mass is 626 g/mol. The zero-order valence-electron chi connectivity index (χ0n) is 20.3. The van der Waals surface area contributed by atoms with E-state index in [4.69, 9.17) is 28.3 Å². The molecule has 2 N–H and O–H groups in total. The van der Waals surface area contributed by atoms with Gasteiger partial charge in [-0.05, 0) is 49.3 Å². The molecule has 5 rings (SSSR count). The van der Waals surface area contributed by atoms with Crippen molar-refractivity contribution < 1.29 is 34.2 Å². The number of halogens is 3. The van der Waals surface area contributed by atoms with Crippen LogP contribution in [0.3, 0.4) is 0 Å². The molecule has 38 heavy (non-hydrogen) atoms. The molecule has 6 atom stereocenters. The van der Waals surface area contributed by atoms with Crippen molar-refractivity contribution in [3.8, 4) is 5.75 Å². The number of fused-ring (bicyclic) bond motifs is 4. The zero-order valence-corrected chi connectivity index (χ0v) is 23.4. The Hall–Kier alpha value is -2.43. The smallest absolute Gasteiger partial charge is 0.303 e. The van der Waals surface area contributed by atoms with Gasteiger partial charge in [0, 0.05) is 18.9 Å². The number of aliphatic carboxylic acids is 1. The average molecular weight is 628 g/mol. The minimum Gasteiger partial charge on any atom is -0.508 e. The van der Waals surface area contributed by atoms with E-state index in [0.717, 1.165) is 9.80 Å². The van der Waals surface area contributed by atoms with E-state index in [2.05, 4.69) is 15.9 Å². The Bertz CT molecular complexity index is 1320. The summed E-state index contributed by atoms with van der Waals surface area (Å²) in [5.74, 6) is -6.15. The fourth-order valence-corrected chi connectivity index (χ4v) is 8.08. The first-order chi connectivity index (χ1) is 17.9. The van der Waals surface area contributed by atoms with Crippen molar-refractivity contribution in [2.24, 2.45) is 17.8 Å². The number of imide groups is 2. The number of carboxylic acid groups (broad SMARTS) is 1. The lowest BCUT2D eigenvalue weighted by Crippen LogP contribution is -2.60. The topological polar surface area (TPSA) is 132 Å². The van der Waals surface area contributed by atoms with Crippen LogP contribution in [-0.4, -0.2) is 71.4 Å². The molecule has 4 aliphatic rings. The highest BCUT2D eigenvalue weighted by atomic mass is 79.9. The van der Waals surface area contributed by atoms with Crippen molar-refractivity contribution >= 4 is 68.7 Å². The summed E-state index contributed by atoms with van der Waals surface area (Å²) in [4.78, 5) is 63.4. The molecule has 1 aromatic rings. The van der Waals surface area contributed by atoms with Gasteiger partial charge in [0.2, 0.25) is 11.8 Å². The van der Waals surface area contributed by atoms with E-state index in [1.807, 2.05) is 6.08 Å². The number of phenolic OH excluding ortho intramolecular Hbond substituents is 1. The Balaban J connectivity index is 1.63. The van der Waals surface area contributed by atoms with Gasteiger partial charge < -0.3 is 10.2 Å². The summed E-state index contributed by atoms with van der Waals surface area (Å²) in [6.45, 7) is 1.68. The van der Waals surface area contributed by atoms with E-state index in [9.17, 15) is 29.1 Å². The highest BCUT2D eigenvalue weighted by Gasteiger charge is 2.76. The third-order valence-corrected chi connectivity index (χ3v) is 10.3. The molecule has 202 valence electrons. The number of rotatable bonds is 6. The molecule has 2 aliphatic carbocycles. The van der Waals surface area contributed by atoms with Crippen LogP contribution in [0.5, 0.6) is 5.75 Å². The predicted molar refractivity (Wildman–Crippen MR) is 140 cm³/mol. The summed E-state index contributed by atoms with van der Waals surface area (Å²) >= 11 is 17.5. The molecule has 0 radical (unpaired) electrons. The molecular weight excluding hydrogens is 603 g/mol. The van der Waals surface area contributed by atoms with E-state index >= 15 is 0 Å². The number of phenols is 1. The van der Waals surface area contributed by atoms with Crippen molar-refractivity contribution in [3.63, 3.8) is 0 Å². The number of aryl methyl sites for hydroxylation is 1. The number of aromatic hydroxyl groups is 1. The van der Waals surface area contributed by atoms with E-state index in [-0.39, 0.29) is 49.3 Å². The van der Waals surface area contributed by atoms with Crippen LogP contribution in [0, 0.1) is 24.7 Å². The Morgan fingerprint density at radius 3 is 2.45 bits per heavy atom. The Kier molecular flexibility index (Phi) is 6.68. The van der Waals surface area contributed by atoms with Gasteiger partial charge in [-0.3, -0.25) is 33.8 Å². The predicted octanol–water partition coefficient (Wildman–Crippen LogP) is 3.28. The number of nitrogens with zero attached hydrogens (tertiary/aromatic N) is 2. The summed E-state index contributed by atoms with van der Waals surface area (Å²) < 4.78 is 0. The van der Waals surface area contributed by atoms with Crippen molar-refractivity contribution in [1.82, 2.24) is 9.80 Å². The Morgan fingerprint density at radius 2 is 1.82 bits per heavy atom. The average Bonchev–Trinajstić information content (AvgIpc) is 3.19. The van der Waals surface area contributed by atoms with E-state index < -0.39 is 57.1 Å². The van der Waals surface area contributed by atoms with Crippen LogP contribution in [0.1, 0.15) is 42.7 Å². The molecule has 9 nitrogen and oxygen atoms in total. The maximum Gasteiger partial charge on any atom is 0.303 e. The highest BCUT2D eigenvalue weighted by molar-refractivity contribution is 9.09. The molecule has 0 unspecified atom stereocenters. The van der Waals surface area contributed by atoms with Gasteiger partial charge in [0.05, 0.1) is 17.3 Å². The largest absolute Gasteiger partial charge is 0.508 e. The number of likely N-dealkylation sites (tertiary alicyclic amines) is 2. The lowest BCUT2D eigenvalue weighted by molar-refractivity contribution is -0.142. The maximum absolute atomic E-state index is 13.7. The van der Waals surface area contributed by atoms with Crippen LogP contribution >= 0.6 is 39.1 Å². The van der Waals surface area contributed by atoms with Crippen LogP contribution in [0.4, 0.5) is 0 Å². The van der Waals surface area contributed by atoms with Gasteiger partial charge in [0.1, 0.15) is 5.75 Å². The molecule has 0 spiro atoms. The maximum atomic E-state index is 13.7. The lowest BCUT2D eigenvalue weighted by Gasteiger charge is -2.50. The van der Waals surface area contributed by atoms with Gasteiger partial charge in [-0.25, -0.2) is 0 Å². The number of carboxylic acids is 1. The number of hydrogen-bond acceptors (Lipinski definition) is 6. The van der Waals surface area contributed by atoms with Crippen LogP contribution in [0.2, 0.25) is 0 Å². The second-order valence-electron chi connectivity index (χ2n) is 10.4. The van der Waals surface area contributed by atoms with Gasteiger partial charge in [-0.2, -0.15) is 0 Å². The van der Waals surface area contributed by atoms with Crippen molar-refractivity contribution in [1.29, 1.82) is 0 Å². The van der Waals surface area contributed by atoms with Gasteiger partial charge in [-0.15, -0.1) is 23.2 Å². The molecule has 3 fully saturated rings. The normalized spacial score (nSPS) is 34.3. The fourth-order valence-electron chi connectivity index (χ4n) is 6.66. The Labute approximate surface area is 236 Å². The molecule has 1 saturated carbocycles. The van der Waals surface area contributed by atoms with Crippen molar-refractivity contribution in [2.75, 3.05) is 12.0 Å². The highest BCUT2D eigenvalue weighted by Crippen LogP contribution is 2.65. The van der Waals surface area contributed by atoms with Crippen molar-refractivity contribution in [3.05, 3.63) is 41.0 Å². The van der Waals surface area contributed by atoms with Crippen LogP contribution in [-0.2, 0) is 24.0 Å². The molecular formula is C26H25BrCl2N2O7. The first-order valence-corrected chi connectivity index (χ1v) is 14.1. The summed E-state index contributed by atoms with van der Waals surface area (Å²) in [5.41, 5.74) is 1.64.